The van der Waals surface area contributed by atoms with E-state index in [1.54, 1.807) is 14.2 Å². The van der Waals surface area contributed by atoms with E-state index in [0.29, 0.717) is 0 Å². The second-order valence-electron chi connectivity index (χ2n) is 6.59. The zero-order valence-electron chi connectivity index (χ0n) is 13.7. The molecule has 0 N–H and O–H groups in total. The zero-order valence-corrected chi connectivity index (χ0v) is 13.7. The van der Waals surface area contributed by atoms with Gasteiger partial charge in [-0.05, 0) is 45.7 Å². The summed E-state index contributed by atoms with van der Waals surface area (Å²) in [6.45, 7) is 10.8. The summed E-state index contributed by atoms with van der Waals surface area (Å²) in [5.74, 6) is 0. The lowest BCUT2D eigenvalue weighted by atomic mass is 9.57. The summed E-state index contributed by atoms with van der Waals surface area (Å²) in [7, 11) is 3.56. The van der Waals surface area contributed by atoms with E-state index in [1.165, 1.54) is 16.7 Å². The predicted octanol–water partition coefficient (Wildman–Crippen LogP) is 4.19. The van der Waals surface area contributed by atoms with Crippen LogP contribution in [0.3, 0.4) is 0 Å². The van der Waals surface area contributed by atoms with Crippen molar-refractivity contribution < 1.29 is 9.47 Å². The number of hydrogen-bond donors (Lipinski definition) is 0. The molecule has 0 amide bonds. The molecule has 110 valence electrons. The minimum absolute atomic E-state index is 0.305. The van der Waals surface area contributed by atoms with Crippen LogP contribution in [0.15, 0.2) is 29.8 Å². The van der Waals surface area contributed by atoms with Crippen molar-refractivity contribution in [3.63, 3.8) is 0 Å². The molecule has 1 aliphatic carbocycles. The second-order valence-corrected chi connectivity index (χ2v) is 6.59. The van der Waals surface area contributed by atoms with Gasteiger partial charge in [0.1, 0.15) is 0 Å². The molecular formula is C18H26O2. The van der Waals surface area contributed by atoms with Gasteiger partial charge < -0.3 is 9.47 Å². The third kappa shape index (κ3) is 1.71. The molecule has 0 aliphatic heterocycles. The fourth-order valence-electron chi connectivity index (χ4n) is 4.15. The van der Waals surface area contributed by atoms with Crippen LogP contribution in [0.2, 0.25) is 0 Å². The van der Waals surface area contributed by atoms with E-state index in [9.17, 15) is 0 Å². The zero-order chi connectivity index (χ0) is 15.2. The largest absolute Gasteiger partial charge is 0.377 e. The minimum Gasteiger partial charge on any atom is -0.377 e. The molecule has 2 nitrogen and oxygen atoms in total. The van der Waals surface area contributed by atoms with E-state index in [0.717, 1.165) is 0 Å². The van der Waals surface area contributed by atoms with E-state index >= 15 is 0 Å². The first-order valence-corrected chi connectivity index (χ1v) is 7.13. The molecule has 0 bridgehead atoms. The molecule has 2 heteroatoms. The number of fused-ring (bicyclic) bond motifs is 1. The van der Waals surface area contributed by atoms with Gasteiger partial charge in [-0.1, -0.05) is 35.9 Å². The Kier molecular flexibility index (Phi) is 3.60. The van der Waals surface area contributed by atoms with Gasteiger partial charge in [0.25, 0.3) is 0 Å². The first-order chi connectivity index (χ1) is 9.24. The summed E-state index contributed by atoms with van der Waals surface area (Å²) in [5, 5.41) is 0. The monoisotopic (exact) mass is 274 g/mol. The summed E-state index contributed by atoms with van der Waals surface area (Å²) in [6.07, 6.45) is 2.26. The second kappa shape index (κ2) is 4.71. The lowest BCUT2D eigenvalue weighted by molar-refractivity contribution is -0.131. The molecular weight excluding hydrogens is 248 g/mol. The first kappa shape index (κ1) is 15.3. The highest BCUT2D eigenvalue weighted by Gasteiger charge is 2.60. The Morgan fingerprint density at radius 3 is 1.90 bits per heavy atom. The Morgan fingerprint density at radius 1 is 0.900 bits per heavy atom. The molecule has 0 fully saturated rings. The van der Waals surface area contributed by atoms with Gasteiger partial charge in [0, 0.05) is 14.2 Å². The maximum Gasteiger partial charge on any atom is 0.0784 e. The molecule has 0 saturated heterocycles. The topological polar surface area (TPSA) is 18.5 Å². The fourth-order valence-corrected chi connectivity index (χ4v) is 4.15. The van der Waals surface area contributed by atoms with Gasteiger partial charge in [0.2, 0.25) is 0 Å². The summed E-state index contributed by atoms with van der Waals surface area (Å²) >= 11 is 0. The van der Waals surface area contributed by atoms with Crippen molar-refractivity contribution in [1.29, 1.82) is 0 Å². The molecule has 0 saturated carbocycles. The Morgan fingerprint density at radius 2 is 1.40 bits per heavy atom. The molecule has 1 aromatic rings. The van der Waals surface area contributed by atoms with Crippen LogP contribution in [0.4, 0.5) is 0 Å². The molecule has 1 aromatic carbocycles. The van der Waals surface area contributed by atoms with Crippen molar-refractivity contribution in [2.75, 3.05) is 14.2 Å². The van der Waals surface area contributed by atoms with E-state index < -0.39 is 0 Å². The molecule has 2 rings (SSSR count). The number of benzene rings is 1. The van der Waals surface area contributed by atoms with Crippen molar-refractivity contribution >= 4 is 6.08 Å². The van der Waals surface area contributed by atoms with Crippen molar-refractivity contribution in [2.24, 2.45) is 0 Å². The summed E-state index contributed by atoms with van der Waals surface area (Å²) < 4.78 is 11.8. The van der Waals surface area contributed by atoms with Gasteiger partial charge in [-0.25, -0.2) is 0 Å². The number of hydrogen-bond acceptors (Lipinski definition) is 2. The molecule has 0 aromatic heterocycles. The standard InChI is InChI=1S/C18H26O2/c1-13-12-14-10-8-9-11-15(14)18(13,16(2,3)19-6)17(4,5)20-7/h8-12H,1-7H3. The highest BCUT2D eigenvalue weighted by atomic mass is 16.5. The van der Waals surface area contributed by atoms with E-state index in [1.807, 2.05) is 0 Å². The van der Waals surface area contributed by atoms with Crippen LogP contribution >= 0.6 is 0 Å². The van der Waals surface area contributed by atoms with Gasteiger partial charge in [0.05, 0.1) is 16.6 Å². The lowest BCUT2D eigenvalue weighted by Gasteiger charge is -2.54. The van der Waals surface area contributed by atoms with Crippen LogP contribution in [0, 0.1) is 0 Å². The van der Waals surface area contributed by atoms with Crippen molar-refractivity contribution in [1.82, 2.24) is 0 Å². The molecule has 20 heavy (non-hydrogen) atoms. The Labute approximate surface area is 122 Å². The normalized spacial score (nSPS) is 17.9. The SMILES string of the molecule is COC(C)(C)C1(C(C)(C)OC)C(C)=Cc2ccccc21. The van der Waals surface area contributed by atoms with Crippen LogP contribution in [-0.4, -0.2) is 25.4 Å². The molecule has 0 heterocycles. The van der Waals surface area contributed by atoms with Crippen LogP contribution in [0.25, 0.3) is 6.08 Å². The average molecular weight is 274 g/mol. The molecule has 0 radical (unpaired) electrons. The van der Waals surface area contributed by atoms with Crippen LogP contribution in [0.1, 0.15) is 45.7 Å². The Bertz CT molecular complexity index is 522. The van der Waals surface area contributed by atoms with Crippen molar-refractivity contribution in [3.8, 4) is 0 Å². The maximum atomic E-state index is 5.92. The number of methoxy groups -OCH3 is 2. The van der Waals surface area contributed by atoms with Gasteiger partial charge in [-0.2, -0.15) is 0 Å². The van der Waals surface area contributed by atoms with Gasteiger partial charge >= 0.3 is 0 Å². The smallest absolute Gasteiger partial charge is 0.0784 e. The van der Waals surface area contributed by atoms with E-state index in [2.05, 4.69) is 65.0 Å². The van der Waals surface area contributed by atoms with E-state index in [-0.39, 0.29) is 16.6 Å². The van der Waals surface area contributed by atoms with Crippen LogP contribution in [-0.2, 0) is 14.9 Å². The van der Waals surface area contributed by atoms with Gasteiger partial charge in [-0.15, -0.1) is 0 Å². The highest BCUT2D eigenvalue weighted by Crippen LogP contribution is 2.56. The predicted molar refractivity (Wildman–Crippen MR) is 83.9 cm³/mol. The quantitative estimate of drug-likeness (QED) is 0.819. The van der Waals surface area contributed by atoms with Crippen molar-refractivity contribution in [3.05, 3.63) is 41.0 Å². The molecule has 0 spiro atoms. The molecule has 0 atom stereocenters. The van der Waals surface area contributed by atoms with Crippen molar-refractivity contribution in [2.45, 2.75) is 51.2 Å². The van der Waals surface area contributed by atoms with Gasteiger partial charge in [0.15, 0.2) is 0 Å². The van der Waals surface area contributed by atoms with Crippen LogP contribution < -0.4 is 0 Å². The summed E-state index contributed by atoms with van der Waals surface area (Å²) in [4.78, 5) is 0. The highest BCUT2D eigenvalue weighted by molar-refractivity contribution is 5.71. The summed E-state index contributed by atoms with van der Waals surface area (Å²) in [5.41, 5.74) is 2.79. The lowest BCUT2D eigenvalue weighted by Crippen LogP contribution is -2.61. The first-order valence-electron chi connectivity index (χ1n) is 7.13. The number of ether oxygens (including phenoxy) is 2. The van der Waals surface area contributed by atoms with Crippen LogP contribution in [0.5, 0.6) is 0 Å². The van der Waals surface area contributed by atoms with Gasteiger partial charge in [-0.3, -0.25) is 0 Å². The number of rotatable bonds is 4. The third-order valence-electron chi connectivity index (χ3n) is 5.16. The molecule has 1 aliphatic rings. The minimum atomic E-state index is -0.375. The third-order valence-corrected chi connectivity index (χ3v) is 5.16. The Balaban J connectivity index is 2.83. The average Bonchev–Trinajstić information content (AvgIpc) is 2.72. The Hall–Kier alpha value is -1.12. The molecule has 0 unspecified atom stereocenters. The maximum absolute atomic E-state index is 5.92. The fraction of sp³-hybridized carbons (Fsp3) is 0.556. The summed E-state index contributed by atoms with van der Waals surface area (Å²) in [6, 6.07) is 8.54. The van der Waals surface area contributed by atoms with E-state index in [4.69, 9.17) is 9.47 Å².